The molecule has 0 atom stereocenters. The van der Waals surface area contributed by atoms with Crippen LogP contribution in [0.15, 0.2) is 97.1 Å². The van der Waals surface area contributed by atoms with Crippen molar-refractivity contribution in [2.24, 2.45) is 5.41 Å². The van der Waals surface area contributed by atoms with Crippen molar-refractivity contribution < 1.29 is 0 Å². The molecule has 0 fully saturated rings. The van der Waals surface area contributed by atoms with Crippen LogP contribution in [0.3, 0.4) is 0 Å². The molecule has 0 radical (unpaired) electrons. The summed E-state index contributed by atoms with van der Waals surface area (Å²) < 4.78 is 2.36. The molecule has 1 aromatic heterocycles. The van der Waals surface area contributed by atoms with Crippen LogP contribution in [0.1, 0.15) is 26.3 Å². The lowest BCUT2D eigenvalue weighted by atomic mass is 9.87. The zero-order valence-corrected chi connectivity index (χ0v) is 17.9. The van der Waals surface area contributed by atoms with Crippen LogP contribution < -0.4 is 0 Å². The molecule has 5 rings (SSSR count). The van der Waals surface area contributed by atoms with Crippen LogP contribution in [0.5, 0.6) is 0 Å². The molecule has 0 aliphatic heterocycles. The zero-order valence-electron chi connectivity index (χ0n) is 17.9. The van der Waals surface area contributed by atoms with E-state index < -0.39 is 0 Å². The van der Waals surface area contributed by atoms with Gasteiger partial charge in [0, 0.05) is 16.5 Å². The van der Waals surface area contributed by atoms with Gasteiger partial charge in [0.05, 0.1) is 11.0 Å². The maximum atomic E-state index is 2.36. The number of hydrogen-bond donors (Lipinski definition) is 0. The van der Waals surface area contributed by atoms with Crippen molar-refractivity contribution in [3.05, 3.63) is 103 Å². The molecule has 1 heterocycles. The van der Waals surface area contributed by atoms with Gasteiger partial charge in [0.15, 0.2) is 0 Å². The summed E-state index contributed by atoms with van der Waals surface area (Å²) >= 11 is 0. The van der Waals surface area contributed by atoms with Crippen LogP contribution in [0.4, 0.5) is 0 Å². The van der Waals surface area contributed by atoms with Crippen LogP contribution in [-0.2, 0) is 6.42 Å². The van der Waals surface area contributed by atoms with E-state index in [9.17, 15) is 0 Å². The summed E-state index contributed by atoms with van der Waals surface area (Å²) in [6.45, 7) is 6.86. The molecule has 1 heteroatoms. The molecule has 0 aliphatic rings. The molecule has 4 aromatic carbocycles. The lowest BCUT2D eigenvalue weighted by Crippen LogP contribution is -2.08. The number of nitrogens with zero attached hydrogens (tertiary/aromatic N) is 1. The Morgan fingerprint density at radius 3 is 1.53 bits per heavy atom. The summed E-state index contributed by atoms with van der Waals surface area (Å²) in [6, 6.07) is 35.3. The first-order valence-corrected chi connectivity index (χ1v) is 10.7. The molecule has 0 unspecified atom stereocenters. The molecule has 0 N–H and O–H groups in total. The maximum absolute atomic E-state index is 2.36. The van der Waals surface area contributed by atoms with Gasteiger partial charge in [-0.15, -0.1) is 0 Å². The molecular weight excluding hydrogens is 362 g/mol. The van der Waals surface area contributed by atoms with Crippen LogP contribution >= 0.6 is 0 Å². The van der Waals surface area contributed by atoms with Crippen molar-refractivity contribution in [1.29, 1.82) is 0 Å². The Bertz CT molecular complexity index is 1260. The third-order valence-electron chi connectivity index (χ3n) is 5.73. The molecule has 0 saturated carbocycles. The molecule has 0 amide bonds. The Kier molecular flexibility index (Phi) is 4.47. The largest absolute Gasteiger partial charge is 0.309 e. The van der Waals surface area contributed by atoms with Crippen LogP contribution in [0.2, 0.25) is 0 Å². The van der Waals surface area contributed by atoms with E-state index in [1.807, 2.05) is 0 Å². The van der Waals surface area contributed by atoms with Gasteiger partial charge in [0.2, 0.25) is 0 Å². The third kappa shape index (κ3) is 3.41. The second-order valence-electron chi connectivity index (χ2n) is 9.35. The van der Waals surface area contributed by atoms with Gasteiger partial charge in [0.1, 0.15) is 0 Å². The van der Waals surface area contributed by atoms with Crippen molar-refractivity contribution in [1.82, 2.24) is 4.57 Å². The Labute approximate surface area is 178 Å². The SMILES string of the molecule is CC(C)(C)Cc1ccc(-c2ccc(-n3c4ccccc4c4ccccc43)cc2)cc1. The van der Waals surface area contributed by atoms with E-state index in [1.54, 1.807) is 0 Å². The number of para-hydroxylation sites is 2. The van der Waals surface area contributed by atoms with E-state index in [4.69, 9.17) is 0 Å². The third-order valence-corrected chi connectivity index (χ3v) is 5.73. The summed E-state index contributed by atoms with van der Waals surface area (Å²) in [5.41, 5.74) is 7.92. The van der Waals surface area contributed by atoms with Crippen molar-refractivity contribution in [2.45, 2.75) is 27.2 Å². The smallest absolute Gasteiger partial charge is 0.0541 e. The lowest BCUT2D eigenvalue weighted by molar-refractivity contribution is 0.411. The Balaban J connectivity index is 1.53. The average Bonchev–Trinajstić information content (AvgIpc) is 3.08. The first-order chi connectivity index (χ1) is 14.5. The molecule has 148 valence electrons. The van der Waals surface area contributed by atoms with Crippen molar-refractivity contribution in [2.75, 3.05) is 0 Å². The maximum Gasteiger partial charge on any atom is 0.0541 e. The first kappa shape index (κ1) is 18.7. The average molecular weight is 390 g/mol. The van der Waals surface area contributed by atoms with Gasteiger partial charge >= 0.3 is 0 Å². The summed E-state index contributed by atoms with van der Waals surface area (Å²) in [6.07, 6.45) is 1.10. The quantitative estimate of drug-likeness (QED) is 0.294. The van der Waals surface area contributed by atoms with Gasteiger partial charge in [-0.05, 0) is 52.8 Å². The van der Waals surface area contributed by atoms with Crippen LogP contribution in [0, 0.1) is 5.41 Å². The summed E-state index contributed by atoms with van der Waals surface area (Å²) in [4.78, 5) is 0. The molecule has 30 heavy (non-hydrogen) atoms. The van der Waals surface area contributed by atoms with Gasteiger partial charge in [0.25, 0.3) is 0 Å². The predicted molar refractivity (Wildman–Crippen MR) is 129 cm³/mol. The molecule has 0 saturated heterocycles. The van der Waals surface area contributed by atoms with E-state index in [0.29, 0.717) is 5.41 Å². The highest BCUT2D eigenvalue weighted by Crippen LogP contribution is 2.32. The Hall–Kier alpha value is -3.32. The summed E-state index contributed by atoms with van der Waals surface area (Å²) in [5.74, 6) is 0. The number of hydrogen-bond acceptors (Lipinski definition) is 0. The monoisotopic (exact) mass is 389 g/mol. The second-order valence-corrected chi connectivity index (χ2v) is 9.35. The fourth-order valence-electron chi connectivity index (χ4n) is 4.43. The topological polar surface area (TPSA) is 4.93 Å². The highest BCUT2D eigenvalue weighted by Gasteiger charge is 2.12. The fraction of sp³-hybridized carbons (Fsp3) is 0.172. The minimum absolute atomic E-state index is 0.311. The van der Waals surface area contributed by atoms with Crippen LogP contribution in [-0.4, -0.2) is 4.57 Å². The Morgan fingerprint density at radius 1 is 0.567 bits per heavy atom. The highest BCUT2D eigenvalue weighted by atomic mass is 15.0. The van der Waals surface area contributed by atoms with E-state index in [2.05, 4.69) is 122 Å². The number of benzene rings is 4. The number of fused-ring (bicyclic) bond motifs is 3. The highest BCUT2D eigenvalue weighted by molar-refractivity contribution is 6.09. The van der Waals surface area contributed by atoms with Crippen molar-refractivity contribution in [3.8, 4) is 16.8 Å². The van der Waals surface area contributed by atoms with Gasteiger partial charge < -0.3 is 4.57 Å². The van der Waals surface area contributed by atoms with Crippen LogP contribution in [0.25, 0.3) is 38.6 Å². The molecule has 0 spiro atoms. The Morgan fingerprint density at radius 2 is 1.03 bits per heavy atom. The second kappa shape index (κ2) is 7.18. The summed E-state index contributed by atoms with van der Waals surface area (Å²) in [5, 5.41) is 2.60. The van der Waals surface area contributed by atoms with Crippen molar-refractivity contribution in [3.63, 3.8) is 0 Å². The molecule has 0 bridgehead atoms. The molecule has 0 aliphatic carbocycles. The zero-order chi connectivity index (χ0) is 20.7. The molecular formula is C29H27N. The number of aromatic nitrogens is 1. The van der Waals surface area contributed by atoms with E-state index in [1.165, 1.54) is 44.2 Å². The first-order valence-electron chi connectivity index (χ1n) is 10.7. The normalized spacial score (nSPS) is 12.0. The minimum atomic E-state index is 0.311. The predicted octanol–water partition coefficient (Wildman–Crippen LogP) is 8.04. The summed E-state index contributed by atoms with van der Waals surface area (Å²) in [7, 11) is 0. The molecule has 1 nitrogen and oxygen atoms in total. The standard InChI is InChI=1S/C29H27N/c1-29(2,3)20-21-12-14-22(15-13-21)23-16-18-24(19-17-23)30-27-10-6-4-8-25(27)26-9-5-7-11-28(26)30/h4-19H,20H2,1-3H3. The fourth-order valence-corrected chi connectivity index (χ4v) is 4.43. The minimum Gasteiger partial charge on any atom is -0.309 e. The van der Waals surface area contributed by atoms with Gasteiger partial charge in [-0.3, -0.25) is 0 Å². The van der Waals surface area contributed by atoms with Crippen molar-refractivity contribution >= 4 is 21.8 Å². The van der Waals surface area contributed by atoms with E-state index in [-0.39, 0.29) is 0 Å². The van der Waals surface area contributed by atoms with Gasteiger partial charge in [-0.25, -0.2) is 0 Å². The van der Waals surface area contributed by atoms with E-state index >= 15 is 0 Å². The van der Waals surface area contributed by atoms with Gasteiger partial charge in [-0.1, -0.05) is 93.6 Å². The lowest BCUT2D eigenvalue weighted by Gasteiger charge is -2.18. The molecule has 5 aromatic rings. The van der Waals surface area contributed by atoms with Gasteiger partial charge in [-0.2, -0.15) is 0 Å². The number of rotatable bonds is 3. The van der Waals surface area contributed by atoms with E-state index in [0.717, 1.165) is 6.42 Å².